The summed E-state index contributed by atoms with van der Waals surface area (Å²) in [5.41, 5.74) is 2.22. The maximum atomic E-state index is 12.4. The Morgan fingerprint density at radius 3 is 2.76 bits per heavy atom. The third-order valence-electron chi connectivity index (χ3n) is 4.07. The van der Waals surface area contributed by atoms with E-state index < -0.39 is 0 Å². The van der Waals surface area contributed by atoms with Gasteiger partial charge in [0.2, 0.25) is 5.91 Å². The molecule has 1 heterocycles. The molecule has 0 radical (unpaired) electrons. The first-order valence-corrected chi connectivity index (χ1v) is 9.52. The lowest BCUT2D eigenvalue weighted by atomic mass is 10.2. The Balaban J connectivity index is 1.56. The Morgan fingerprint density at radius 2 is 2.00 bits per heavy atom. The summed E-state index contributed by atoms with van der Waals surface area (Å²) in [5, 5.41) is 3.50. The van der Waals surface area contributed by atoms with Crippen LogP contribution in [0.25, 0.3) is 0 Å². The number of amides is 1. The predicted octanol–water partition coefficient (Wildman–Crippen LogP) is 3.70. The molecule has 25 heavy (non-hydrogen) atoms. The smallest absolute Gasteiger partial charge is 0.239 e. The van der Waals surface area contributed by atoms with E-state index in [-0.39, 0.29) is 5.91 Å². The molecule has 1 aliphatic heterocycles. The van der Waals surface area contributed by atoms with Gasteiger partial charge in [-0.15, -0.1) is 11.8 Å². The highest BCUT2D eigenvalue weighted by molar-refractivity contribution is 8.00. The zero-order valence-electron chi connectivity index (χ0n) is 14.7. The van der Waals surface area contributed by atoms with Crippen molar-refractivity contribution in [2.24, 2.45) is 0 Å². The molecule has 1 atom stereocenters. The van der Waals surface area contributed by atoms with Crippen molar-refractivity contribution in [3.05, 3.63) is 54.1 Å². The van der Waals surface area contributed by atoms with Crippen LogP contribution in [-0.2, 0) is 11.3 Å². The summed E-state index contributed by atoms with van der Waals surface area (Å²) in [5.74, 6) is 0.900. The second kappa shape index (κ2) is 8.30. The largest absolute Gasteiger partial charge is 0.494 e. The zero-order chi connectivity index (χ0) is 17.6. The van der Waals surface area contributed by atoms with Crippen LogP contribution in [0.1, 0.15) is 19.4 Å². The summed E-state index contributed by atoms with van der Waals surface area (Å²) >= 11 is 1.87. The Hall–Kier alpha value is -2.14. The molecule has 0 saturated heterocycles. The first-order valence-electron chi connectivity index (χ1n) is 8.64. The van der Waals surface area contributed by atoms with Gasteiger partial charge in [-0.3, -0.25) is 4.79 Å². The fourth-order valence-electron chi connectivity index (χ4n) is 2.93. The Morgan fingerprint density at radius 1 is 1.24 bits per heavy atom. The summed E-state index contributed by atoms with van der Waals surface area (Å²) in [6.07, 6.45) is 0. The van der Waals surface area contributed by atoms with Crippen LogP contribution in [0.5, 0.6) is 5.75 Å². The molecule has 1 N–H and O–H groups in total. The van der Waals surface area contributed by atoms with Crippen LogP contribution in [0.2, 0.25) is 0 Å². The van der Waals surface area contributed by atoms with E-state index >= 15 is 0 Å². The number of rotatable bonds is 6. The molecular weight excluding hydrogens is 332 g/mol. The van der Waals surface area contributed by atoms with Crippen molar-refractivity contribution >= 4 is 23.4 Å². The molecule has 2 aromatic carbocycles. The van der Waals surface area contributed by atoms with Crippen molar-refractivity contribution in [3.63, 3.8) is 0 Å². The van der Waals surface area contributed by atoms with Gasteiger partial charge in [-0.2, -0.15) is 0 Å². The Bertz CT molecular complexity index is 718. The number of thioether (sulfide) groups is 1. The molecular formula is C20H24N2O2S. The number of hydrogen-bond acceptors (Lipinski definition) is 4. The maximum Gasteiger partial charge on any atom is 0.239 e. The van der Waals surface area contributed by atoms with Crippen molar-refractivity contribution in [2.45, 2.75) is 30.5 Å². The number of hydrogen-bond donors (Lipinski definition) is 1. The van der Waals surface area contributed by atoms with Crippen LogP contribution in [0.15, 0.2) is 53.4 Å². The molecule has 0 unspecified atom stereocenters. The third kappa shape index (κ3) is 4.69. The van der Waals surface area contributed by atoms with Crippen LogP contribution < -0.4 is 15.0 Å². The lowest BCUT2D eigenvalue weighted by Crippen LogP contribution is -2.41. The van der Waals surface area contributed by atoms with E-state index in [1.807, 2.05) is 55.1 Å². The molecule has 1 aliphatic rings. The Kier molecular flexibility index (Phi) is 5.87. The quantitative estimate of drug-likeness (QED) is 0.857. The number of ether oxygens (including phenoxy) is 1. The van der Waals surface area contributed by atoms with E-state index in [1.165, 1.54) is 4.90 Å². The standard InChI is InChI=1S/C20H24N2O2S/c1-3-24-17-10-8-16(9-11-17)12-21-20(23)14-22-13-15(2)25-19-7-5-4-6-18(19)22/h4-11,15H,3,12-14H2,1-2H3,(H,21,23)/t15-/m1/s1. The van der Waals surface area contributed by atoms with E-state index in [2.05, 4.69) is 29.3 Å². The van der Waals surface area contributed by atoms with E-state index in [0.717, 1.165) is 23.5 Å². The van der Waals surface area contributed by atoms with Crippen molar-refractivity contribution in [3.8, 4) is 5.75 Å². The second-order valence-corrected chi connectivity index (χ2v) is 7.61. The summed E-state index contributed by atoms with van der Waals surface area (Å²) in [6, 6.07) is 16.1. The van der Waals surface area contributed by atoms with Gasteiger partial charge in [0, 0.05) is 23.2 Å². The predicted molar refractivity (Wildman–Crippen MR) is 103 cm³/mol. The molecule has 0 bridgehead atoms. The molecule has 4 nitrogen and oxygen atoms in total. The Labute approximate surface area is 153 Å². The van der Waals surface area contributed by atoms with Crippen molar-refractivity contribution < 1.29 is 9.53 Å². The molecule has 1 amide bonds. The normalized spacial score (nSPS) is 16.2. The van der Waals surface area contributed by atoms with Gasteiger partial charge >= 0.3 is 0 Å². The lowest BCUT2D eigenvalue weighted by Gasteiger charge is -2.33. The SMILES string of the molecule is CCOc1ccc(CNC(=O)CN2C[C@@H](C)Sc3ccccc32)cc1. The van der Waals surface area contributed by atoms with Gasteiger partial charge in [0.25, 0.3) is 0 Å². The second-order valence-electron chi connectivity index (χ2n) is 6.13. The number of nitrogens with one attached hydrogen (secondary N) is 1. The van der Waals surface area contributed by atoms with Crippen molar-refractivity contribution in [1.29, 1.82) is 0 Å². The van der Waals surface area contributed by atoms with Crippen LogP contribution in [0.3, 0.4) is 0 Å². The minimum Gasteiger partial charge on any atom is -0.494 e. The monoisotopic (exact) mass is 356 g/mol. The molecule has 3 rings (SSSR count). The van der Waals surface area contributed by atoms with Gasteiger partial charge in [-0.25, -0.2) is 0 Å². The third-order valence-corrected chi connectivity index (χ3v) is 5.22. The first kappa shape index (κ1) is 17.7. The fraction of sp³-hybridized carbons (Fsp3) is 0.350. The highest BCUT2D eigenvalue weighted by atomic mass is 32.2. The summed E-state index contributed by atoms with van der Waals surface area (Å²) < 4.78 is 5.43. The van der Waals surface area contributed by atoms with Gasteiger partial charge < -0.3 is 15.0 Å². The van der Waals surface area contributed by atoms with Gasteiger partial charge in [-0.1, -0.05) is 31.2 Å². The highest BCUT2D eigenvalue weighted by Crippen LogP contribution is 2.37. The molecule has 0 spiro atoms. The molecule has 0 aliphatic carbocycles. The molecule has 132 valence electrons. The highest BCUT2D eigenvalue weighted by Gasteiger charge is 2.23. The van der Waals surface area contributed by atoms with Gasteiger partial charge in [-0.05, 0) is 36.8 Å². The first-order chi connectivity index (χ1) is 12.2. The van der Waals surface area contributed by atoms with E-state index in [1.54, 1.807) is 0 Å². The summed E-state index contributed by atoms with van der Waals surface area (Å²) in [7, 11) is 0. The van der Waals surface area contributed by atoms with Gasteiger partial charge in [0.05, 0.1) is 18.8 Å². The molecule has 2 aromatic rings. The molecule has 5 heteroatoms. The average molecular weight is 356 g/mol. The number of carbonyl (C=O) groups excluding carboxylic acids is 1. The van der Waals surface area contributed by atoms with Crippen LogP contribution in [0.4, 0.5) is 5.69 Å². The number of para-hydroxylation sites is 1. The van der Waals surface area contributed by atoms with Crippen LogP contribution in [-0.4, -0.2) is 30.9 Å². The topological polar surface area (TPSA) is 41.6 Å². The van der Waals surface area contributed by atoms with Crippen LogP contribution in [0, 0.1) is 0 Å². The number of carbonyl (C=O) groups is 1. The molecule has 0 fully saturated rings. The van der Waals surface area contributed by atoms with Gasteiger partial charge in [0.1, 0.15) is 5.75 Å². The average Bonchev–Trinajstić information content (AvgIpc) is 2.61. The minimum absolute atomic E-state index is 0.0442. The number of fused-ring (bicyclic) bond motifs is 1. The number of nitrogens with zero attached hydrogens (tertiary/aromatic N) is 1. The zero-order valence-corrected chi connectivity index (χ0v) is 15.5. The van der Waals surface area contributed by atoms with Crippen molar-refractivity contribution in [2.75, 3.05) is 24.6 Å². The number of anilines is 1. The van der Waals surface area contributed by atoms with E-state index in [0.29, 0.717) is 24.9 Å². The molecule has 0 saturated carbocycles. The van der Waals surface area contributed by atoms with Crippen LogP contribution >= 0.6 is 11.8 Å². The number of benzene rings is 2. The van der Waals surface area contributed by atoms with E-state index in [4.69, 9.17) is 4.74 Å². The fourth-order valence-corrected chi connectivity index (χ4v) is 4.09. The minimum atomic E-state index is 0.0442. The summed E-state index contributed by atoms with van der Waals surface area (Å²) in [4.78, 5) is 15.8. The summed E-state index contributed by atoms with van der Waals surface area (Å²) in [6.45, 7) is 6.63. The maximum absolute atomic E-state index is 12.4. The lowest BCUT2D eigenvalue weighted by molar-refractivity contribution is -0.119. The van der Waals surface area contributed by atoms with E-state index in [9.17, 15) is 4.79 Å². The van der Waals surface area contributed by atoms with Gasteiger partial charge in [0.15, 0.2) is 0 Å². The van der Waals surface area contributed by atoms with Crippen molar-refractivity contribution in [1.82, 2.24) is 5.32 Å². The molecule has 0 aromatic heterocycles.